The van der Waals surface area contributed by atoms with Crippen LogP contribution < -0.4 is 16.0 Å². The largest absolute Gasteiger partial charge is 0.467 e. The maximum absolute atomic E-state index is 13.3. The first-order valence-corrected chi connectivity index (χ1v) is 13.9. The van der Waals surface area contributed by atoms with Crippen LogP contribution in [-0.4, -0.2) is 49.6 Å². The molecule has 9 nitrogen and oxygen atoms in total. The third-order valence-corrected chi connectivity index (χ3v) is 7.05. The number of halogens is 2. The molecule has 0 radical (unpaired) electrons. The van der Waals surface area contributed by atoms with Crippen molar-refractivity contribution >= 4 is 47.1 Å². The number of hydrogen-bond donors (Lipinski definition) is 3. The number of methoxy groups -OCH3 is 1. The number of rotatable bonds is 12. The van der Waals surface area contributed by atoms with Crippen molar-refractivity contribution in [2.75, 3.05) is 13.7 Å². The normalized spacial score (nSPS) is 16.9. The van der Waals surface area contributed by atoms with Crippen molar-refractivity contribution in [2.45, 2.75) is 57.7 Å². The average molecular weight is 593 g/mol. The Hall–Kier alpha value is -3.30. The van der Waals surface area contributed by atoms with Gasteiger partial charge in [0.2, 0.25) is 11.8 Å². The summed E-state index contributed by atoms with van der Waals surface area (Å²) in [6.07, 6.45) is -0.265. The molecule has 11 heteroatoms. The van der Waals surface area contributed by atoms with E-state index in [1.165, 1.54) is 7.11 Å². The predicted molar refractivity (Wildman–Crippen MR) is 152 cm³/mol. The molecule has 4 atom stereocenters. The highest BCUT2D eigenvalue weighted by Crippen LogP contribution is 2.26. The van der Waals surface area contributed by atoms with Crippen LogP contribution in [0.3, 0.4) is 0 Å². The molecule has 2 aromatic rings. The number of nitrogens with one attached hydrogen (secondary N) is 3. The van der Waals surface area contributed by atoms with E-state index >= 15 is 0 Å². The standard InChI is InChI=1S/C29H35Cl2N3O6/c1-17(2)12-23(27(36)33-24(28(37)39-3)16-20-10-11-32-26(20)35)34-29(38)40-25(19-7-5-9-22(31)15-19)14-18-6-4-8-21(30)13-18/h4-9,13,15,17,20,23-25H,10-12,14,16H2,1-3H3,(H,32,35)(H,33,36)(H,34,38)/t20?,23-,24-,25?/m0/s1. The molecule has 2 aromatic carbocycles. The van der Waals surface area contributed by atoms with Crippen LogP contribution in [0.4, 0.5) is 4.79 Å². The number of amides is 3. The summed E-state index contributed by atoms with van der Waals surface area (Å²) in [5, 5.41) is 9.09. The van der Waals surface area contributed by atoms with Crippen LogP contribution in [-0.2, 0) is 30.3 Å². The topological polar surface area (TPSA) is 123 Å². The Morgan fingerprint density at radius 1 is 1.02 bits per heavy atom. The Balaban J connectivity index is 1.75. The molecular formula is C29H35Cl2N3O6. The second-order valence-corrected chi connectivity index (χ2v) is 11.1. The van der Waals surface area contributed by atoms with Crippen LogP contribution in [0, 0.1) is 11.8 Å². The molecule has 40 heavy (non-hydrogen) atoms. The molecule has 0 saturated carbocycles. The van der Waals surface area contributed by atoms with Crippen molar-refractivity contribution in [3.05, 3.63) is 69.7 Å². The van der Waals surface area contributed by atoms with Gasteiger partial charge in [0, 0.05) is 28.9 Å². The van der Waals surface area contributed by atoms with Crippen molar-refractivity contribution < 1.29 is 28.7 Å². The zero-order chi connectivity index (χ0) is 29.2. The van der Waals surface area contributed by atoms with Gasteiger partial charge in [-0.25, -0.2) is 9.59 Å². The Morgan fingerprint density at radius 3 is 2.33 bits per heavy atom. The highest BCUT2D eigenvalue weighted by atomic mass is 35.5. The lowest BCUT2D eigenvalue weighted by molar-refractivity contribution is -0.146. The smallest absolute Gasteiger partial charge is 0.408 e. The molecule has 2 unspecified atom stereocenters. The molecule has 3 N–H and O–H groups in total. The summed E-state index contributed by atoms with van der Waals surface area (Å²) >= 11 is 12.4. The lowest BCUT2D eigenvalue weighted by atomic mass is 9.97. The van der Waals surface area contributed by atoms with Crippen LogP contribution in [0.25, 0.3) is 0 Å². The van der Waals surface area contributed by atoms with Gasteiger partial charge in [-0.3, -0.25) is 9.59 Å². The van der Waals surface area contributed by atoms with E-state index in [4.69, 9.17) is 32.7 Å². The van der Waals surface area contributed by atoms with Crippen molar-refractivity contribution in [3.8, 4) is 0 Å². The molecule has 216 valence electrons. The van der Waals surface area contributed by atoms with E-state index in [9.17, 15) is 19.2 Å². The van der Waals surface area contributed by atoms with Gasteiger partial charge >= 0.3 is 12.1 Å². The summed E-state index contributed by atoms with van der Waals surface area (Å²) in [4.78, 5) is 50.9. The highest BCUT2D eigenvalue weighted by molar-refractivity contribution is 6.30. The van der Waals surface area contributed by atoms with Crippen LogP contribution >= 0.6 is 23.2 Å². The summed E-state index contributed by atoms with van der Waals surface area (Å²) in [6.45, 7) is 4.32. The van der Waals surface area contributed by atoms with Crippen LogP contribution in [0.5, 0.6) is 0 Å². The summed E-state index contributed by atoms with van der Waals surface area (Å²) in [5.41, 5.74) is 1.52. The summed E-state index contributed by atoms with van der Waals surface area (Å²) in [5.74, 6) is -1.80. The highest BCUT2D eigenvalue weighted by Gasteiger charge is 2.34. The molecule has 1 fully saturated rings. The minimum atomic E-state index is -1.04. The maximum atomic E-state index is 13.3. The third kappa shape index (κ3) is 9.41. The summed E-state index contributed by atoms with van der Waals surface area (Å²) < 4.78 is 10.7. The average Bonchev–Trinajstić information content (AvgIpc) is 3.30. The van der Waals surface area contributed by atoms with E-state index < -0.39 is 42.1 Å². The molecule has 0 spiro atoms. The zero-order valence-electron chi connectivity index (χ0n) is 22.7. The number of carbonyl (C=O) groups is 4. The molecule has 1 aliphatic heterocycles. The van der Waals surface area contributed by atoms with Crippen LogP contribution in [0.15, 0.2) is 48.5 Å². The predicted octanol–water partition coefficient (Wildman–Crippen LogP) is 4.60. The van der Waals surface area contributed by atoms with Crippen molar-refractivity contribution in [3.63, 3.8) is 0 Å². The zero-order valence-corrected chi connectivity index (χ0v) is 24.3. The lowest BCUT2D eigenvalue weighted by Gasteiger charge is -2.25. The molecule has 0 aliphatic carbocycles. The Bertz CT molecular complexity index is 1210. The monoisotopic (exact) mass is 591 g/mol. The van der Waals surface area contributed by atoms with Crippen LogP contribution in [0.1, 0.15) is 50.3 Å². The van der Waals surface area contributed by atoms with E-state index in [2.05, 4.69) is 16.0 Å². The maximum Gasteiger partial charge on any atom is 0.408 e. The number of alkyl carbamates (subject to hydrolysis) is 1. The second-order valence-electron chi connectivity index (χ2n) is 10.2. The summed E-state index contributed by atoms with van der Waals surface area (Å²) in [6, 6.07) is 12.2. The van der Waals surface area contributed by atoms with Crippen molar-refractivity contribution in [1.29, 1.82) is 0 Å². The van der Waals surface area contributed by atoms with E-state index in [1.807, 2.05) is 26.0 Å². The minimum absolute atomic E-state index is 0.0309. The van der Waals surface area contributed by atoms with Gasteiger partial charge in [0.05, 0.1) is 7.11 Å². The molecule has 0 aromatic heterocycles. The van der Waals surface area contributed by atoms with Crippen molar-refractivity contribution in [2.24, 2.45) is 11.8 Å². The number of benzene rings is 2. The van der Waals surface area contributed by atoms with Gasteiger partial charge in [-0.2, -0.15) is 0 Å². The number of esters is 1. The fraction of sp³-hybridized carbons (Fsp3) is 0.448. The van der Waals surface area contributed by atoms with E-state index in [0.29, 0.717) is 35.0 Å². The molecule has 3 rings (SSSR count). The first-order chi connectivity index (χ1) is 19.0. The number of hydrogen-bond acceptors (Lipinski definition) is 6. The first kappa shape index (κ1) is 31.2. The quantitative estimate of drug-likeness (QED) is 0.310. The lowest BCUT2D eigenvalue weighted by Crippen LogP contribution is -2.53. The minimum Gasteiger partial charge on any atom is -0.467 e. The molecular weight excluding hydrogens is 557 g/mol. The Morgan fingerprint density at radius 2 is 1.73 bits per heavy atom. The number of carbonyl (C=O) groups excluding carboxylic acids is 4. The van der Waals surface area contributed by atoms with Crippen LogP contribution in [0.2, 0.25) is 10.0 Å². The summed E-state index contributed by atoms with van der Waals surface area (Å²) in [7, 11) is 1.22. The van der Waals surface area contributed by atoms with Gasteiger partial charge < -0.3 is 25.4 Å². The number of ether oxygens (including phenoxy) is 2. The van der Waals surface area contributed by atoms with E-state index in [-0.39, 0.29) is 24.7 Å². The van der Waals surface area contributed by atoms with Gasteiger partial charge in [0.25, 0.3) is 0 Å². The van der Waals surface area contributed by atoms with Gasteiger partial charge in [-0.05, 0) is 60.6 Å². The van der Waals surface area contributed by atoms with Gasteiger partial charge in [0.15, 0.2) is 0 Å². The molecule has 1 aliphatic rings. The second kappa shape index (κ2) is 14.9. The van der Waals surface area contributed by atoms with Gasteiger partial charge in [0.1, 0.15) is 18.2 Å². The van der Waals surface area contributed by atoms with Gasteiger partial charge in [-0.1, -0.05) is 61.3 Å². The third-order valence-electron chi connectivity index (χ3n) is 6.58. The Kier molecular flexibility index (Phi) is 11.6. The first-order valence-electron chi connectivity index (χ1n) is 13.2. The van der Waals surface area contributed by atoms with Crippen molar-refractivity contribution in [1.82, 2.24) is 16.0 Å². The fourth-order valence-electron chi connectivity index (χ4n) is 4.60. The SMILES string of the molecule is COC(=O)[C@H](CC1CCNC1=O)NC(=O)[C@H](CC(C)C)NC(=O)OC(Cc1cccc(Cl)c1)c1cccc(Cl)c1. The fourth-order valence-corrected chi connectivity index (χ4v) is 5.02. The Labute approximate surface area is 244 Å². The molecule has 3 amide bonds. The van der Waals surface area contributed by atoms with E-state index in [0.717, 1.165) is 5.56 Å². The van der Waals surface area contributed by atoms with E-state index in [1.54, 1.807) is 36.4 Å². The molecule has 1 heterocycles. The molecule has 0 bridgehead atoms. The molecule has 1 saturated heterocycles. The van der Waals surface area contributed by atoms with Gasteiger partial charge in [-0.15, -0.1) is 0 Å².